The second-order valence-corrected chi connectivity index (χ2v) is 6.20. The van der Waals surface area contributed by atoms with Crippen molar-refractivity contribution in [1.82, 2.24) is 4.98 Å². The smallest absolute Gasteiger partial charge is 0.247 e. The minimum atomic E-state index is -0.0906. The van der Waals surface area contributed by atoms with Crippen molar-refractivity contribution in [2.75, 3.05) is 0 Å². The fourth-order valence-corrected chi connectivity index (χ4v) is 3.22. The molecule has 1 heterocycles. The van der Waals surface area contributed by atoms with Crippen LogP contribution in [0.3, 0.4) is 0 Å². The van der Waals surface area contributed by atoms with E-state index in [-0.39, 0.29) is 5.56 Å². The van der Waals surface area contributed by atoms with Crippen LogP contribution in [0, 0.1) is 0 Å². The van der Waals surface area contributed by atoms with Crippen LogP contribution in [-0.2, 0) is 6.42 Å². The predicted octanol–water partition coefficient (Wildman–Crippen LogP) is 5.47. The molecule has 0 unspecified atom stereocenters. The molecule has 2 heteroatoms. The normalized spacial score (nSPS) is 11.7. The summed E-state index contributed by atoms with van der Waals surface area (Å²) >= 11 is 0. The molecule has 26 heavy (non-hydrogen) atoms. The van der Waals surface area contributed by atoms with E-state index in [9.17, 15) is 4.79 Å². The lowest BCUT2D eigenvalue weighted by Gasteiger charge is -2.16. The summed E-state index contributed by atoms with van der Waals surface area (Å²) in [6, 6.07) is 22.5. The van der Waals surface area contributed by atoms with Crippen molar-refractivity contribution in [2.24, 2.45) is 0 Å². The van der Waals surface area contributed by atoms with Crippen molar-refractivity contribution in [3.05, 3.63) is 118 Å². The van der Waals surface area contributed by atoms with Crippen LogP contribution in [0.1, 0.15) is 35.6 Å². The molecule has 0 aliphatic heterocycles. The fraction of sp³-hybridized carbons (Fsp3) is 0.125. The summed E-state index contributed by atoms with van der Waals surface area (Å²) in [6.07, 6.45) is 5.47. The van der Waals surface area contributed by atoms with Crippen molar-refractivity contribution < 1.29 is 0 Å². The van der Waals surface area contributed by atoms with E-state index in [1.165, 1.54) is 16.7 Å². The zero-order valence-corrected chi connectivity index (χ0v) is 15.0. The van der Waals surface area contributed by atoms with Gasteiger partial charge in [-0.15, -0.1) is 6.58 Å². The van der Waals surface area contributed by atoms with Crippen LogP contribution in [0.15, 0.2) is 90.4 Å². The number of hydrogen-bond donors (Lipinski definition) is 1. The van der Waals surface area contributed by atoms with Gasteiger partial charge in [0, 0.05) is 12.3 Å². The lowest BCUT2D eigenvalue weighted by Crippen LogP contribution is -2.04. The van der Waals surface area contributed by atoms with Gasteiger partial charge in [-0.05, 0) is 52.3 Å². The highest BCUT2D eigenvalue weighted by atomic mass is 16.1. The van der Waals surface area contributed by atoms with Gasteiger partial charge in [0.2, 0.25) is 5.56 Å². The molecule has 0 fully saturated rings. The molecule has 0 amide bonds. The first-order chi connectivity index (χ1) is 12.7. The highest BCUT2D eigenvalue weighted by Gasteiger charge is 2.13. The first-order valence-corrected chi connectivity index (χ1v) is 8.90. The zero-order valence-electron chi connectivity index (χ0n) is 15.0. The third-order valence-electron chi connectivity index (χ3n) is 4.47. The molecule has 0 aliphatic carbocycles. The van der Waals surface area contributed by atoms with E-state index in [4.69, 9.17) is 0 Å². The molecule has 0 radical (unpaired) electrons. The summed E-state index contributed by atoms with van der Waals surface area (Å²) in [5, 5.41) is 0. The molecule has 1 aromatic heterocycles. The van der Waals surface area contributed by atoms with Gasteiger partial charge in [0.25, 0.3) is 0 Å². The topological polar surface area (TPSA) is 32.9 Å². The van der Waals surface area contributed by atoms with Crippen LogP contribution < -0.4 is 5.56 Å². The molecule has 130 valence electrons. The van der Waals surface area contributed by atoms with Crippen molar-refractivity contribution in [3.8, 4) is 0 Å². The highest BCUT2D eigenvalue weighted by molar-refractivity contribution is 5.98. The second kappa shape index (κ2) is 8.30. The Morgan fingerprint density at radius 3 is 2.19 bits per heavy atom. The molecule has 1 N–H and O–H groups in total. The van der Waals surface area contributed by atoms with E-state index in [1.54, 1.807) is 12.3 Å². The Labute approximate surface area is 154 Å². The van der Waals surface area contributed by atoms with Crippen molar-refractivity contribution in [1.29, 1.82) is 0 Å². The SMILES string of the molecule is C=CCc1ccc(/C(=C(/CC)c2ccccc2)c2ccc(=O)[nH]c2)cc1. The van der Waals surface area contributed by atoms with Crippen LogP contribution in [0.5, 0.6) is 0 Å². The Kier molecular flexibility index (Phi) is 5.65. The number of rotatable bonds is 6. The Balaban J connectivity index is 2.21. The van der Waals surface area contributed by atoms with Crippen molar-refractivity contribution >= 4 is 11.1 Å². The second-order valence-electron chi connectivity index (χ2n) is 6.20. The van der Waals surface area contributed by atoms with Gasteiger partial charge in [-0.3, -0.25) is 4.79 Å². The zero-order chi connectivity index (χ0) is 18.4. The van der Waals surface area contributed by atoms with Crippen LogP contribution >= 0.6 is 0 Å². The summed E-state index contributed by atoms with van der Waals surface area (Å²) in [5.41, 5.74) is 6.92. The average molecular weight is 341 g/mol. The third-order valence-corrected chi connectivity index (χ3v) is 4.47. The minimum Gasteiger partial charge on any atom is -0.328 e. The largest absolute Gasteiger partial charge is 0.328 e. The van der Waals surface area contributed by atoms with Crippen molar-refractivity contribution in [2.45, 2.75) is 19.8 Å². The molecule has 0 saturated carbocycles. The van der Waals surface area contributed by atoms with Gasteiger partial charge in [-0.25, -0.2) is 0 Å². The standard InChI is InChI=1S/C24H23NO/c1-3-8-18-11-13-20(14-12-18)24(21-15-16-23(26)25-17-21)22(4-2)19-9-6-5-7-10-19/h3,5-7,9-17H,1,4,8H2,2H3,(H,25,26)/b24-22+. The van der Waals surface area contributed by atoms with E-state index in [1.807, 2.05) is 18.2 Å². The van der Waals surface area contributed by atoms with Crippen LogP contribution in [0.4, 0.5) is 0 Å². The maximum atomic E-state index is 11.5. The van der Waals surface area contributed by atoms with E-state index in [2.05, 4.69) is 67.0 Å². The minimum absolute atomic E-state index is 0.0906. The summed E-state index contributed by atoms with van der Waals surface area (Å²) in [4.78, 5) is 14.3. The quantitative estimate of drug-likeness (QED) is 0.468. The van der Waals surface area contributed by atoms with Crippen LogP contribution in [-0.4, -0.2) is 4.98 Å². The van der Waals surface area contributed by atoms with Gasteiger partial charge in [0.1, 0.15) is 0 Å². The van der Waals surface area contributed by atoms with Gasteiger partial charge in [0.05, 0.1) is 0 Å². The molecule has 0 saturated heterocycles. The summed E-state index contributed by atoms with van der Waals surface area (Å²) in [6.45, 7) is 5.97. The summed E-state index contributed by atoms with van der Waals surface area (Å²) in [5.74, 6) is 0. The number of aromatic nitrogens is 1. The van der Waals surface area contributed by atoms with E-state index in [0.29, 0.717) is 0 Å². The Morgan fingerprint density at radius 2 is 1.62 bits per heavy atom. The number of allylic oxidation sites excluding steroid dienone is 2. The average Bonchev–Trinajstić information content (AvgIpc) is 2.69. The maximum Gasteiger partial charge on any atom is 0.247 e. The van der Waals surface area contributed by atoms with Gasteiger partial charge in [-0.1, -0.05) is 67.6 Å². The maximum absolute atomic E-state index is 11.5. The molecule has 3 rings (SSSR count). The van der Waals surface area contributed by atoms with Crippen LogP contribution in [0.25, 0.3) is 11.1 Å². The predicted molar refractivity (Wildman–Crippen MR) is 110 cm³/mol. The third kappa shape index (κ3) is 3.92. The molecule has 0 bridgehead atoms. The number of nitrogens with one attached hydrogen (secondary N) is 1. The number of hydrogen-bond acceptors (Lipinski definition) is 1. The number of H-pyrrole nitrogens is 1. The van der Waals surface area contributed by atoms with Crippen molar-refractivity contribution in [3.63, 3.8) is 0 Å². The van der Waals surface area contributed by atoms with Gasteiger partial charge >= 0.3 is 0 Å². The summed E-state index contributed by atoms with van der Waals surface area (Å²) < 4.78 is 0. The van der Waals surface area contributed by atoms with E-state index in [0.717, 1.165) is 29.5 Å². The van der Waals surface area contributed by atoms with E-state index < -0.39 is 0 Å². The molecule has 3 aromatic rings. The van der Waals surface area contributed by atoms with Gasteiger partial charge in [-0.2, -0.15) is 0 Å². The van der Waals surface area contributed by atoms with E-state index >= 15 is 0 Å². The highest BCUT2D eigenvalue weighted by Crippen LogP contribution is 2.33. The lowest BCUT2D eigenvalue weighted by atomic mass is 9.88. The molecule has 2 aromatic carbocycles. The molecule has 2 nitrogen and oxygen atoms in total. The monoisotopic (exact) mass is 341 g/mol. The molecule has 0 spiro atoms. The Morgan fingerprint density at radius 1 is 0.923 bits per heavy atom. The number of aromatic amines is 1. The molecular weight excluding hydrogens is 318 g/mol. The van der Waals surface area contributed by atoms with Gasteiger partial charge in [0.15, 0.2) is 0 Å². The number of pyridine rings is 1. The summed E-state index contributed by atoms with van der Waals surface area (Å²) in [7, 11) is 0. The van der Waals surface area contributed by atoms with Crippen LogP contribution in [0.2, 0.25) is 0 Å². The number of benzene rings is 2. The Bertz CT molecular complexity index is 943. The van der Waals surface area contributed by atoms with Gasteiger partial charge < -0.3 is 4.98 Å². The molecular formula is C24H23NO. The fourth-order valence-electron chi connectivity index (χ4n) is 3.22. The first kappa shape index (κ1) is 17.7. The Hall–Kier alpha value is -3.13. The molecule has 0 aliphatic rings. The molecule has 0 atom stereocenters. The lowest BCUT2D eigenvalue weighted by molar-refractivity contribution is 1.21. The first-order valence-electron chi connectivity index (χ1n) is 8.90.